The highest BCUT2D eigenvalue weighted by Gasteiger charge is 2.54. The molecule has 6 heteroatoms. The summed E-state index contributed by atoms with van der Waals surface area (Å²) in [5.74, 6) is 0.0256. The van der Waals surface area contributed by atoms with Gasteiger partial charge in [0.25, 0.3) is 0 Å². The highest BCUT2D eigenvalue weighted by Crippen LogP contribution is 2.39. The van der Waals surface area contributed by atoms with Crippen LogP contribution in [0.2, 0.25) is 0 Å². The number of sulfone groups is 1. The summed E-state index contributed by atoms with van der Waals surface area (Å²) in [5, 5.41) is 0. The molecule has 2 fully saturated rings. The number of hydrogen-bond acceptors (Lipinski definition) is 3. The molecule has 2 saturated heterocycles. The highest BCUT2D eigenvalue weighted by atomic mass is 32.2. The minimum atomic E-state index is -3.18. The van der Waals surface area contributed by atoms with E-state index in [2.05, 4.69) is 0 Å². The fraction of sp³-hybridized carbons (Fsp3) is 0.350. The Bertz CT molecular complexity index is 983. The Morgan fingerprint density at radius 1 is 0.885 bits per heavy atom. The zero-order valence-corrected chi connectivity index (χ0v) is 16.0. The van der Waals surface area contributed by atoms with E-state index in [9.17, 15) is 13.2 Å². The molecule has 0 aliphatic carbocycles. The molecule has 136 valence electrons. The first-order valence-electron chi connectivity index (χ1n) is 8.74. The first-order valence-corrected chi connectivity index (χ1v) is 10.6. The summed E-state index contributed by atoms with van der Waals surface area (Å²) in [4.78, 5) is 16.7. The van der Waals surface area contributed by atoms with Crippen molar-refractivity contribution in [2.45, 2.75) is 32.9 Å². The lowest BCUT2D eigenvalue weighted by molar-refractivity contribution is 0.255. The van der Waals surface area contributed by atoms with Gasteiger partial charge >= 0.3 is 6.03 Å². The molecule has 0 radical (unpaired) electrons. The molecule has 2 atom stereocenters. The average Bonchev–Trinajstić information content (AvgIpc) is 3.01. The van der Waals surface area contributed by atoms with Gasteiger partial charge in [-0.1, -0.05) is 29.8 Å². The Morgan fingerprint density at radius 2 is 1.50 bits per heavy atom. The molecular formula is C20H22N2O3S. The van der Waals surface area contributed by atoms with Crippen molar-refractivity contribution in [3.63, 3.8) is 0 Å². The number of carbonyl (C=O) groups is 1. The Labute approximate surface area is 154 Å². The van der Waals surface area contributed by atoms with E-state index in [0.29, 0.717) is 0 Å². The number of anilines is 2. The van der Waals surface area contributed by atoms with Crippen LogP contribution in [0.5, 0.6) is 0 Å². The smallest absolute Gasteiger partial charge is 0.288 e. The number of rotatable bonds is 2. The average molecular weight is 370 g/mol. The Kier molecular flexibility index (Phi) is 3.84. The minimum Gasteiger partial charge on any atom is -0.288 e. The largest absolute Gasteiger partial charge is 0.329 e. The standard InChI is InChI=1S/C20H22N2O3S/c1-13-7-9-16(10-8-13)21-18-11-26(24,25)12-19(18)22(20(21)23)17-6-4-5-14(2)15(17)3/h4-10,18-19H,11-12H2,1-3H3. The van der Waals surface area contributed by atoms with Crippen molar-refractivity contribution in [1.29, 1.82) is 0 Å². The molecule has 0 N–H and O–H groups in total. The molecule has 0 bridgehead atoms. The molecule has 5 nitrogen and oxygen atoms in total. The predicted octanol–water partition coefficient (Wildman–Crippen LogP) is 3.22. The van der Waals surface area contributed by atoms with E-state index in [4.69, 9.17) is 0 Å². The van der Waals surface area contributed by atoms with Crippen molar-refractivity contribution in [3.05, 3.63) is 59.2 Å². The number of carbonyl (C=O) groups excluding carboxylic acids is 1. The first kappa shape index (κ1) is 17.1. The maximum absolute atomic E-state index is 13.3. The molecule has 2 aliphatic rings. The topological polar surface area (TPSA) is 57.7 Å². The molecule has 26 heavy (non-hydrogen) atoms. The SMILES string of the molecule is Cc1ccc(N2C(=O)N(c3cccc(C)c3C)C3CS(=O)(=O)CC32)cc1. The normalized spacial score (nSPS) is 24.2. The van der Waals surface area contributed by atoms with E-state index in [1.807, 2.05) is 63.2 Å². The molecule has 2 aliphatic heterocycles. The van der Waals surface area contributed by atoms with Gasteiger partial charge in [-0.15, -0.1) is 0 Å². The van der Waals surface area contributed by atoms with Crippen LogP contribution in [0.15, 0.2) is 42.5 Å². The Morgan fingerprint density at radius 3 is 2.15 bits per heavy atom. The van der Waals surface area contributed by atoms with E-state index in [1.54, 1.807) is 9.80 Å². The van der Waals surface area contributed by atoms with Crippen LogP contribution < -0.4 is 9.80 Å². The molecule has 0 saturated carbocycles. The number of urea groups is 1. The fourth-order valence-corrected chi connectivity index (χ4v) is 5.91. The van der Waals surface area contributed by atoms with Crippen molar-refractivity contribution in [2.75, 3.05) is 21.3 Å². The third kappa shape index (κ3) is 2.60. The van der Waals surface area contributed by atoms with Gasteiger partial charge in [-0.25, -0.2) is 13.2 Å². The lowest BCUT2D eigenvalue weighted by atomic mass is 10.1. The number of aryl methyl sites for hydroxylation is 2. The maximum Gasteiger partial charge on any atom is 0.329 e. The summed E-state index contributed by atoms with van der Waals surface area (Å²) in [5.41, 5.74) is 4.75. The zero-order valence-electron chi connectivity index (χ0n) is 15.1. The summed E-state index contributed by atoms with van der Waals surface area (Å²) in [6.07, 6.45) is 0. The third-order valence-electron chi connectivity index (χ3n) is 5.52. The van der Waals surface area contributed by atoms with Gasteiger partial charge in [0.2, 0.25) is 0 Å². The van der Waals surface area contributed by atoms with Crippen LogP contribution in [0.4, 0.5) is 16.2 Å². The van der Waals surface area contributed by atoms with Gasteiger partial charge in [-0.05, 0) is 50.1 Å². The van der Waals surface area contributed by atoms with Crippen molar-refractivity contribution in [1.82, 2.24) is 0 Å². The van der Waals surface area contributed by atoms with Gasteiger partial charge in [-0.2, -0.15) is 0 Å². The maximum atomic E-state index is 13.3. The lowest BCUT2D eigenvalue weighted by Gasteiger charge is -2.24. The molecule has 0 spiro atoms. The summed E-state index contributed by atoms with van der Waals surface area (Å²) in [6.45, 7) is 5.96. The van der Waals surface area contributed by atoms with Gasteiger partial charge in [0.05, 0.1) is 23.6 Å². The van der Waals surface area contributed by atoms with Crippen LogP contribution in [-0.4, -0.2) is 38.0 Å². The second-order valence-corrected chi connectivity index (χ2v) is 9.44. The van der Waals surface area contributed by atoms with Gasteiger partial charge in [-0.3, -0.25) is 9.80 Å². The molecule has 2 aromatic rings. The highest BCUT2D eigenvalue weighted by molar-refractivity contribution is 7.91. The minimum absolute atomic E-state index is 0.0125. The first-order chi connectivity index (χ1) is 12.3. The molecule has 0 aromatic heterocycles. The third-order valence-corrected chi connectivity index (χ3v) is 7.22. The van der Waals surface area contributed by atoms with E-state index < -0.39 is 9.84 Å². The summed E-state index contributed by atoms with van der Waals surface area (Å²) < 4.78 is 24.7. The van der Waals surface area contributed by atoms with E-state index in [1.165, 1.54) is 0 Å². The summed E-state index contributed by atoms with van der Waals surface area (Å²) in [7, 11) is -3.18. The van der Waals surface area contributed by atoms with Gasteiger partial charge in [0.1, 0.15) is 0 Å². The number of fused-ring (bicyclic) bond motifs is 1. The van der Waals surface area contributed by atoms with E-state index >= 15 is 0 Å². The van der Waals surface area contributed by atoms with Gasteiger partial charge in [0.15, 0.2) is 9.84 Å². The van der Waals surface area contributed by atoms with Crippen LogP contribution in [0, 0.1) is 20.8 Å². The van der Waals surface area contributed by atoms with Crippen LogP contribution >= 0.6 is 0 Å². The second-order valence-electron chi connectivity index (χ2n) is 7.29. The van der Waals surface area contributed by atoms with E-state index in [0.717, 1.165) is 28.1 Å². The molecule has 2 aromatic carbocycles. The molecule has 2 heterocycles. The predicted molar refractivity (Wildman–Crippen MR) is 104 cm³/mol. The van der Waals surface area contributed by atoms with Crippen molar-refractivity contribution in [2.24, 2.45) is 0 Å². The van der Waals surface area contributed by atoms with Gasteiger partial charge in [0, 0.05) is 11.4 Å². The van der Waals surface area contributed by atoms with Crippen LogP contribution in [0.3, 0.4) is 0 Å². The molecule has 4 rings (SSSR count). The summed E-state index contributed by atoms with van der Waals surface area (Å²) in [6, 6.07) is 12.6. The van der Waals surface area contributed by atoms with Gasteiger partial charge < -0.3 is 0 Å². The van der Waals surface area contributed by atoms with Crippen molar-refractivity contribution >= 4 is 27.2 Å². The fourth-order valence-electron chi connectivity index (χ4n) is 3.99. The molecule has 2 unspecified atom stereocenters. The van der Waals surface area contributed by atoms with Crippen molar-refractivity contribution < 1.29 is 13.2 Å². The molecular weight excluding hydrogens is 348 g/mol. The van der Waals surface area contributed by atoms with Crippen molar-refractivity contribution in [3.8, 4) is 0 Å². The lowest BCUT2D eigenvalue weighted by Crippen LogP contribution is -2.38. The Hall–Kier alpha value is -2.34. The zero-order chi connectivity index (χ0) is 18.6. The molecule has 2 amide bonds. The van der Waals surface area contributed by atoms with Crippen LogP contribution in [0.1, 0.15) is 16.7 Å². The second kappa shape index (κ2) is 5.84. The quantitative estimate of drug-likeness (QED) is 0.763. The summed E-state index contributed by atoms with van der Waals surface area (Å²) >= 11 is 0. The number of nitrogens with zero attached hydrogens (tertiary/aromatic N) is 2. The van der Waals surface area contributed by atoms with E-state index in [-0.39, 0.29) is 29.6 Å². The van der Waals surface area contributed by atoms with Crippen LogP contribution in [-0.2, 0) is 9.84 Å². The number of hydrogen-bond donors (Lipinski definition) is 0. The number of benzene rings is 2. The number of amides is 2. The monoisotopic (exact) mass is 370 g/mol. The Balaban J connectivity index is 1.84. The van der Waals surface area contributed by atoms with Crippen LogP contribution in [0.25, 0.3) is 0 Å².